The van der Waals surface area contributed by atoms with Crippen LogP contribution in [0.15, 0.2) is 53.1 Å². The van der Waals surface area contributed by atoms with Crippen molar-refractivity contribution in [3.8, 4) is 6.07 Å². The van der Waals surface area contributed by atoms with E-state index < -0.39 is 30.4 Å². The minimum atomic E-state index is -1.14. The number of ether oxygens (including phenoxy) is 1. The first kappa shape index (κ1) is 24.8. The number of nitriles is 1. The molecular formula is C27H28N4O5. The quantitative estimate of drug-likeness (QED) is 0.454. The summed E-state index contributed by atoms with van der Waals surface area (Å²) in [5.74, 6) is -1.47. The number of furan rings is 1. The molecule has 1 unspecified atom stereocenters. The molecule has 1 fully saturated rings. The highest BCUT2D eigenvalue weighted by Crippen LogP contribution is 2.37. The van der Waals surface area contributed by atoms with E-state index in [0.29, 0.717) is 16.9 Å². The third-order valence-electron chi connectivity index (χ3n) is 6.55. The first-order valence-corrected chi connectivity index (χ1v) is 11.9. The lowest BCUT2D eigenvalue weighted by Crippen LogP contribution is -2.36. The van der Waals surface area contributed by atoms with Gasteiger partial charge in [-0.3, -0.25) is 9.59 Å². The van der Waals surface area contributed by atoms with Gasteiger partial charge in [-0.15, -0.1) is 0 Å². The van der Waals surface area contributed by atoms with Crippen molar-refractivity contribution in [1.82, 2.24) is 9.88 Å². The Hall–Kier alpha value is -4.32. The zero-order chi connectivity index (χ0) is 25.7. The Bertz CT molecular complexity index is 1280. The number of anilines is 1. The second kappa shape index (κ2) is 11.0. The fraction of sp³-hybridized carbons (Fsp3) is 0.333. The van der Waals surface area contributed by atoms with Crippen LogP contribution in [0.3, 0.4) is 0 Å². The number of nitrogens with one attached hydrogen (secondary N) is 2. The van der Waals surface area contributed by atoms with Crippen molar-refractivity contribution in [1.29, 1.82) is 5.26 Å². The molecule has 4 rings (SSSR count). The van der Waals surface area contributed by atoms with Gasteiger partial charge in [0.15, 0.2) is 18.4 Å². The Morgan fingerprint density at radius 2 is 1.86 bits per heavy atom. The van der Waals surface area contributed by atoms with Crippen LogP contribution in [0.25, 0.3) is 0 Å². The summed E-state index contributed by atoms with van der Waals surface area (Å²) in [5, 5.41) is 15.1. The Kier molecular flexibility index (Phi) is 7.54. The molecule has 0 spiro atoms. The van der Waals surface area contributed by atoms with Gasteiger partial charge in [0, 0.05) is 11.7 Å². The van der Waals surface area contributed by atoms with Crippen molar-refractivity contribution in [2.45, 2.75) is 51.6 Å². The maximum Gasteiger partial charge on any atom is 0.333 e. The summed E-state index contributed by atoms with van der Waals surface area (Å²) in [6, 6.07) is 12.9. The van der Waals surface area contributed by atoms with Gasteiger partial charge in [-0.1, -0.05) is 43.2 Å². The number of rotatable bonds is 8. The SMILES string of the molecule is Cc1c(C#N)c(NC(=O)COC(=O)C(NC(=O)c2ccco2)c2ccccc2)n(C2CCCC2)c1C. The maximum atomic E-state index is 13.0. The number of nitrogens with zero attached hydrogens (tertiary/aromatic N) is 2. The minimum absolute atomic E-state index is 0.0453. The van der Waals surface area contributed by atoms with Crippen molar-refractivity contribution in [3.05, 3.63) is 76.9 Å². The van der Waals surface area contributed by atoms with Crippen LogP contribution < -0.4 is 10.6 Å². The number of esters is 1. The summed E-state index contributed by atoms with van der Waals surface area (Å²) in [7, 11) is 0. The first-order chi connectivity index (χ1) is 17.4. The monoisotopic (exact) mass is 488 g/mol. The Morgan fingerprint density at radius 3 is 2.50 bits per heavy atom. The largest absolute Gasteiger partial charge is 0.459 e. The predicted octanol–water partition coefficient (Wildman–Crippen LogP) is 4.34. The van der Waals surface area contributed by atoms with Gasteiger partial charge in [0.25, 0.3) is 11.8 Å². The molecule has 2 aromatic heterocycles. The topological polar surface area (TPSA) is 126 Å². The van der Waals surface area contributed by atoms with Crippen LogP contribution in [0, 0.1) is 25.2 Å². The number of aromatic nitrogens is 1. The Balaban J connectivity index is 1.47. The summed E-state index contributed by atoms with van der Waals surface area (Å²) in [6.07, 6.45) is 5.50. The zero-order valence-electron chi connectivity index (χ0n) is 20.2. The summed E-state index contributed by atoms with van der Waals surface area (Å²) in [5.41, 5.74) is 2.67. The van der Waals surface area contributed by atoms with Gasteiger partial charge in [-0.05, 0) is 49.9 Å². The fourth-order valence-corrected chi connectivity index (χ4v) is 4.63. The van der Waals surface area contributed by atoms with Crippen molar-refractivity contribution in [2.75, 3.05) is 11.9 Å². The molecule has 0 aliphatic heterocycles. The Labute approximate surface area is 209 Å². The fourth-order valence-electron chi connectivity index (χ4n) is 4.63. The van der Waals surface area contributed by atoms with Crippen LogP contribution in [-0.2, 0) is 14.3 Å². The zero-order valence-corrected chi connectivity index (χ0v) is 20.2. The molecule has 1 saturated carbocycles. The molecule has 9 heteroatoms. The molecule has 1 aliphatic carbocycles. The van der Waals surface area contributed by atoms with Crippen molar-refractivity contribution in [2.24, 2.45) is 0 Å². The molecule has 36 heavy (non-hydrogen) atoms. The summed E-state index contributed by atoms with van der Waals surface area (Å²) in [6.45, 7) is 3.23. The van der Waals surface area contributed by atoms with Crippen LogP contribution in [0.4, 0.5) is 5.82 Å². The molecule has 1 aliphatic rings. The van der Waals surface area contributed by atoms with Crippen LogP contribution in [0.1, 0.15) is 70.7 Å². The van der Waals surface area contributed by atoms with E-state index in [1.165, 1.54) is 12.3 Å². The molecule has 2 amide bonds. The Morgan fingerprint density at radius 1 is 1.14 bits per heavy atom. The molecule has 2 N–H and O–H groups in total. The highest BCUT2D eigenvalue weighted by molar-refractivity contribution is 5.96. The van der Waals surface area contributed by atoms with E-state index in [9.17, 15) is 19.6 Å². The molecule has 3 aromatic rings. The van der Waals surface area contributed by atoms with Gasteiger partial charge in [-0.2, -0.15) is 5.26 Å². The third-order valence-corrected chi connectivity index (χ3v) is 6.55. The van der Waals surface area contributed by atoms with Crippen LogP contribution in [0.5, 0.6) is 0 Å². The smallest absolute Gasteiger partial charge is 0.333 e. The van der Waals surface area contributed by atoms with E-state index in [1.807, 2.05) is 18.4 Å². The van der Waals surface area contributed by atoms with Crippen LogP contribution in [0.2, 0.25) is 0 Å². The molecule has 0 bridgehead atoms. The second-order valence-electron chi connectivity index (χ2n) is 8.80. The highest BCUT2D eigenvalue weighted by Gasteiger charge is 2.29. The van der Waals surface area contributed by atoms with Gasteiger partial charge in [-0.25, -0.2) is 4.79 Å². The number of hydrogen-bond acceptors (Lipinski definition) is 6. The van der Waals surface area contributed by atoms with Crippen molar-refractivity contribution >= 4 is 23.6 Å². The van der Waals surface area contributed by atoms with Gasteiger partial charge in [0.2, 0.25) is 0 Å². The lowest BCUT2D eigenvalue weighted by atomic mass is 10.1. The molecule has 1 aromatic carbocycles. The van der Waals surface area contributed by atoms with E-state index >= 15 is 0 Å². The molecule has 0 saturated heterocycles. The van der Waals surface area contributed by atoms with E-state index in [4.69, 9.17) is 9.15 Å². The second-order valence-corrected chi connectivity index (χ2v) is 8.80. The van der Waals surface area contributed by atoms with E-state index in [1.54, 1.807) is 36.4 Å². The predicted molar refractivity (Wildman–Crippen MR) is 131 cm³/mol. The van der Waals surface area contributed by atoms with Gasteiger partial charge < -0.3 is 24.4 Å². The first-order valence-electron chi connectivity index (χ1n) is 11.9. The molecule has 0 radical (unpaired) electrons. The summed E-state index contributed by atoms with van der Waals surface area (Å²) >= 11 is 0. The normalized spacial score (nSPS) is 14.1. The standard InChI is InChI=1S/C27H28N4O5/c1-17-18(2)31(20-11-6-7-12-20)25(21(17)15-28)29-23(32)16-36-27(34)24(19-9-4-3-5-10-19)30-26(33)22-13-8-14-35-22/h3-5,8-10,13-14,20,24H,6-7,11-12,16H2,1-2H3,(H,29,32)(H,30,33). The van der Waals surface area contributed by atoms with Crippen molar-refractivity contribution < 1.29 is 23.5 Å². The maximum absolute atomic E-state index is 13.0. The van der Waals surface area contributed by atoms with Crippen molar-refractivity contribution in [3.63, 3.8) is 0 Å². The number of carbonyl (C=O) groups is 3. The van der Waals surface area contributed by atoms with Crippen LogP contribution in [-0.4, -0.2) is 29.0 Å². The van der Waals surface area contributed by atoms with Gasteiger partial charge in [0.1, 0.15) is 11.9 Å². The number of amides is 2. The highest BCUT2D eigenvalue weighted by atomic mass is 16.5. The van der Waals surface area contributed by atoms with Gasteiger partial charge >= 0.3 is 5.97 Å². The molecular weight excluding hydrogens is 460 g/mol. The molecule has 9 nitrogen and oxygen atoms in total. The van der Waals surface area contributed by atoms with E-state index in [2.05, 4.69) is 16.7 Å². The van der Waals surface area contributed by atoms with Gasteiger partial charge in [0.05, 0.1) is 11.8 Å². The van der Waals surface area contributed by atoms with E-state index in [0.717, 1.165) is 36.9 Å². The number of benzene rings is 1. The number of hydrogen-bond donors (Lipinski definition) is 2. The molecule has 2 heterocycles. The molecule has 186 valence electrons. The third kappa shape index (κ3) is 5.18. The minimum Gasteiger partial charge on any atom is -0.459 e. The summed E-state index contributed by atoms with van der Waals surface area (Å²) in [4.78, 5) is 38.3. The number of carbonyl (C=O) groups excluding carboxylic acids is 3. The average molecular weight is 489 g/mol. The lowest BCUT2D eigenvalue weighted by Gasteiger charge is -2.20. The van der Waals surface area contributed by atoms with Crippen LogP contribution >= 0.6 is 0 Å². The average Bonchev–Trinajstić information content (AvgIpc) is 3.64. The lowest BCUT2D eigenvalue weighted by molar-refractivity contribution is -0.149. The molecule has 1 atom stereocenters. The summed E-state index contributed by atoms with van der Waals surface area (Å²) < 4.78 is 12.4. The van der Waals surface area contributed by atoms with E-state index in [-0.39, 0.29) is 11.8 Å².